The molecule has 0 aromatic heterocycles. The van der Waals surface area contributed by atoms with Gasteiger partial charge in [0.1, 0.15) is 0 Å². The molecule has 6 heavy (non-hydrogen) atoms. The van der Waals surface area contributed by atoms with E-state index in [1.165, 1.54) is 0 Å². The molecule has 0 aliphatic carbocycles. The molecule has 1 N–H and O–H groups in total. The van der Waals surface area contributed by atoms with E-state index in [0.29, 0.717) is 0 Å². The van der Waals surface area contributed by atoms with E-state index >= 15 is 0 Å². The molecule has 0 fully saturated rings. The molecule has 0 heterocycles. The van der Waals surface area contributed by atoms with Crippen molar-refractivity contribution < 1.29 is 59.8 Å². The van der Waals surface area contributed by atoms with Crippen LogP contribution in [-0.2, 0) is 10.0 Å². The Kier molecular flexibility index (Phi) is 6.20. The van der Waals surface area contributed by atoms with Gasteiger partial charge >= 0.3 is 51.4 Å². The van der Waals surface area contributed by atoms with Crippen molar-refractivity contribution in [1.82, 2.24) is 0 Å². The maximum absolute atomic E-state index is 9.30. The summed E-state index contributed by atoms with van der Waals surface area (Å²) in [6, 6.07) is 0. The topological polar surface area (TPSA) is 57.9 Å². The predicted molar refractivity (Wildman–Crippen MR) is 19.2 cm³/mol. The number of nitrogens with one attached hydrogen (secondary N) is 1. The molecule has 3 nitrogen and oxygen atoms in total. The molecule has 0 aliphatic rings. The zero-order valence-electron chi connectivity index (χ0n) is 3.72. The molecule has 0 aromatic carbocycles. The van der Waals surface area contributed by atoms with Crippen LogP contribution in [0.15, 0.2) is 0 Å². The van der Waals surface area contributed by atoms with Crippen LogP contribution in [0.5, 0.6) is 0 Å². The van der Waals surface area contributed by atoms with Crippen molar-refractivity contribution in [3.05, 3.63) is 5.14 Å². The zero-order chi connectivity index (χ0) is 4.50. The van der Waals surface area contributed by atoms with E-state index in [9.17, 15) is 8.42 Å². The molecule has 5 heteroatoms. The Balaban J connectivity index is 0. The minimum Gasteiger partial charge on any atom is -0.564 e. The number of hydrogen-bond acceptors (Lipinski definition) is 2. The van der Waals surface area contributed by atoms with Crippen LogP contribution in [0, 0.1) is 0 Å². The number of hydrogen-bond donors (Lipinski definition) is 0. The van der Waals surface area contributed by atoms with Gasteiger partial charge in [0.05, 0.1) is 10.0 Å². The Morgan fingerprint density at radius 3 is 1.50 bits per heavy atom. The van der Waals surface area contributed by atoms with Gasteiger partial charge < -0.3 is 5.14 Å². The fourth-order valence-corrected chi connectivity index (χ4v) is 0. The molecule has 0 unspecified atom stereocenters. The van der Waals surface area contributed by atoms with Crippen LogP contribution in [0.25, 0.3) is 5.14 Å². The summed E-state index contributed by atoms with van der Waals surface area (Å²) in [5, 5.41) is 5.91. The average Bonchev–Trinajstić information content (AvgIpc) is 0.722. The number of rotatable bonds is 0. The molecule has 0 radical (unpaired) electrons. The quantitative estimate of drug-likeness (QED) is 0.331. The van der Waals surface area contributed by atoms with E-state index in [1.807, 2.05) is 0 Å². The van der Waals surface area contributed by atoms with Gasteiger partial charge in [0, 0.05) is 6.26 Å². The fourth-order valence-electron chi connectivity index (χ4n) is 0. The minimum absolute atomic E-state index is 0. The zero-order valence-corrected chi connectivity index (χ0v) is 7.66. The first-order valence-corrected chi connectivity index (χ1v) is 2.84. The first-order valence-electron chi connectivity index (χ1n) is 0.946. The summed E-state index contributed by atoms with van der Waals surface area (Å²) in [6.45, 7) is 0. The third-order valence-electron chi connectivity index (χ3n) is 0. The summed E-state index contributed by atoms with van der Waals surface area (Å²) in [5.41, 5.74) is 0. The van der Waals surface area contributed by atoms with Crippen molar-refractivity contribution in [2.75, 3.05) is 6.26 Å². The largest absolute Gasteiger partial charge is 1.00 e. The summed E-state index contributed by atoms with van der Waals surface area (Å²) < 4.78 is 18.6. The van der Waals surface area contributed by atoms with Crippen LogP contribution >= 0.6 is 0 Å². The standard InChI is InChI=1S/CH4NO2S.K/c1-5(2,3)4;/h1H3,(H-,2,3,4);/q-1;+1. The van der Waals surface area contributed by atoms with E-state index in [4.69, 9.17) is 5.14 Å². The Morgan fingerprint density at radius 2 is 1.50 bits per heavy atom. The summed E-state index contributed by atoms with van der Waals surface area (Å²) in [6.07, 6.45) is 0.826. The fraction of sp³-hybridized carbons (Fsp3) is 1.00. The van der Waals surface area contributed by atoms with Crippen LogP contribution < -0.4 is 51.4 Å². The number of sulfonamides is 1. The summed E-state index contributed by atoms with van der Waals surface area (Å²) >= 11 is 0. The molecule has 0 aromatic rings. The Hall–Kier alpha value is 1.55. The Morgan fingerprint density at radius 1 is 1.50 bits per heavy atom. The minimum atomic E-state index is -3.42. The van der Waals surface area contributed by atoms with E-state index in [1.54, 1.807) is 0 Å². The molecule has 0 aliphatic heterocycles. The van der Waals surface area contributed by atoms with Crippen molar-refractivity contribution in [2.45, 2.75) is 0 Å². The van der Waals surface area contributed by atoms with Crippen molar-refractivity contribution in [3.8, 4) is 0 Å². The van der Waals surface area contributed by atoms with Crippen molar-refractivity contribution in [2.24, 2.45) is 0 Å². The van der Waals surface area contributed by atoms with Crippen LogP contribution in [-0.4, -0.2) is 14.7 Å². The molecule has 0 amide bonds. The van der Waals surface area contributed by atoms with Crippen molar-refractivity contribution >= 4 is 10.0 Å². The summed E-state index contributed by atoms with van der Waals surface area (Å²) in [4.78, 5) is 0. The van der Waals surface area contributed by atoms with Crippen LogP contribution in [0.4, 0.5) is 0 Å². The second-order valence-electron chi connectivity index (χ2n) is 0.772. The first kappa shape index (κ1) is 10.5. The summed E-state index contributed by atoms with van der Waals surface area (Å²) in [5.74, 6) is 0. The van der Waals surface area contributed by atoms with Crippen molar-refractivity contribution in [3.63, 3.8) is 0 Å². The van der Waals surface area contributed by atoms with E-state index < -0.39 is 10.0 Å². The second-order valence-corrected chi connectivity index (χ2v) is 2.32. The van der Waals surface area contributed by atoms with E-state index in [0.717, 1.165) is 6.26 Å². The summed E-state index contributed by atoms with van der Waals surface area (Å²) in [7, 11) is -3.42. The normalized spacial score (nSPS) is 9.67. The van der Waals surface area contributed by atoms with Crippen molar-refractivity contribution in [1.29, 1.82) is 0 Å². The van der Waals surface area contributed by atoms with Gasteiger partial charge in [-0.3, -0.25) is 0 Å². The molecule has 0 atom stereocenters. The maximum atomic E-state index is 9.30. The Bertz CT molecular complexity index is 96.7. The van der Waals surface area contributed by atoms with Gasteiger partial charge in [-0.25, -0.2) is 8.42 Å². The molecule has 0 saturated heterocycles. The van der Waals surface area contributed by atoms with Gasteiger partial charge in [-0.05, 0) is 0 Å². The van der Waals surface area contributed by atoms with Gasteiger partial charge in [-0.1, -0.05) is 0 Å². The van der Waals surface area contributed by atoms with Gasteiger partial charge in [-0.2, -0.15) is 0 Å². The molecule has 0 rings (SSSR count). The molecule has 0 saturated carbocycles. The van der Waals surface area contributed by atoms with Gasteiger partial charge in [-0.15, -0.1) is 0 Å². The molecule has 0 bridgehead atoms. The SMILES string of the molecule is CS([NH-])(=O)=O.[K+]. The Labute approximate surface area is 79.8 Å². The molecule has 0 spiro atoms. The second kappa shape index (κ2) is 3.54. The third-order valence-corrected chi connectivity index (χ3v) is 0. The monoisotopic (exact) mass is 133 g/mol. The van der Waals surface area contributed by atoms with E-state index in [-0.39, 0.29) is 51.4 Å². The molecular weight excluding hydrogens is 129 g/mol. The smallest absolute Gasteiger partial charge is 0.564 e. The molecular formula is CH4KNO2S. The van der Waals surface area contributed by atoms with Crippen LogP contribution in [0.3, 0.4) is 0 Å². The third kappa shape index (κ3) is 47.9. The maximum Gasteiger partial charge on any atom is 1.00 e. The van der Waals surface area contributed by atoms with Crippen LogP contribution in [0.2, 0.25) is 0 Å². The van der Waals surface area contributed by atoms with E-state index in [2.05, 4.69) is 0 Å². The average molecular weight is 133 g/mol. The van der Waals surface area contributed by atoms with Crippen LogP contribution in [0.1, 0.15) is 0 Å². The van der Waals surface area contributed by atoms with Gasteiger partial charge in [0.2, 0.25) is 0 Å². The molecule has 32 valence electrons. The first-order chi connectivity index (χ1) is 2.00. The van der Waals surface area contributed by atoms with Gasteiger partial charge in [0.15, 0.2) is 0 Å². The predicted octanol–water partition coefficient (Wildman–Crippen LogP) is -3.00. The van der Waals surface area contributed by atoms with Gasteiger partial charge in [0.25, 0.3) is 0 Å².